The fraction of sp³-hybridized carbons (Fsp3) is 0.529. The number of benzene rings is 1. The Morgan fingerprint density at radius 3 is 2.55 bits per heavy atom. The first-order chi connectivity index (χ1) is 9.80. The van der Waals surface area contributed by atoms with Gasteiger partial charge in [0.15, 0.2) is 0 Å². The van der Waals surface area contributed by atoms with Crippen LogP contribution in [0.15, 0.2) is 36.9 Å². The quantitative estimate of drug-likeness (QED) is 0.629. The number of ether oxygens (including phenoxy) is 1. The molecule has 0 bridgehead atoms. The summed E-state index contributed by atoms with van der Waals surface area (Å²) in [5.41, 5.74) is 1.29. The number of hydrogen-bond donors (Lipinski definition) is 1. The second-order valence-corrected chi connectivity index (χ2v) is 4.86. The maximum absolute atomic E-state index is 5.79. The molecule has 0 aliphatic rings. The van der Waals surface area contributed by atoms with Crippen LogP contribution in [0.4, 0.5) is 0 Å². The van der Waals surface area contributed by atoms with Gasteiger partial charge in [0.05, 0.1) is 0 Å². The highest BCUT2D eigenvalue weighted by Crippen LogP contribution is 2.12. The van der Waals surface area contributed by atoms with E-state index in [1.165, 1.54) is 5.56 Å². The third-order valence-corrected chi connectivity index (χ3v) is 3.11. The molecule has 20 heavy (non-hydrogen) atoms. The van der Waals surface area contributed by atoms with Crippen molar-refractivity contribution >= 4 is 0 Å². The first kappa shape index (κ1) is 16.7. The summed E-state index contributed by atoms with van der Waals surface area (Å²) in [6.07, 6.45) is 3.11. The third kappa shape index (κ3) is 6.73. The van der Waals surface area contributed by atoms with Crippen molar-refractivity contribution in [3.63, 3.8) is 0 Å². The van der Waals surface area contributed by atoms with Crippen LogP contribution in [-0.4, -0.2) is 37.7 Å². The third-order valence-electron chi connectivity index (χ3n) is 3.11. The SMILES string of the molecule is C=CCN(CCC)CCOc1ccc(CNCC)cc1. The van der Waals surface area contributed by atoms with E-state index >= 15 is 0 Å². The average molecular weight is 276 g/mol. The molecule has 0 radical (unpaired) electrons. The Kier molecular flexibility index (Phi) is 8.76. The van der Waals surface area contributed by atoms with Crippen molar-refractivity contribution in [2.45, 2.75) is 26.8 Å². The fourth-order valence-electron chi connectivity index (χ4n) is 2.06. The van der Waals surface area contributed by atoms with Crippen molar-refractivity contribution in [1.82, 2.24) is 10.2 Å². The second kappa shape index (κ2) is 10.5. The summed E-state index contributed by atoms with van der Waals surface area (Å²) in [5.74, 6) is 0.945. The van der Waals surface area contributed by atoms with E-state index in [2.05, 4.69) is 42.8 Å². The van der Waals surface area contributed by atoms with Crippen LogP contribution in [0, 0.1) is 0 Å². The molecule has 0 fully saturated rings. The zero-order chi connectivity index (χ0) is 14.6. The summed E-state index contributed by atoms with van der Waals surface area (Å²) in [6, 6.07) is 8.33. The zero-order valence-corrected chi connectivity index (χ0v) is 12.9. The smallest absolute Gasteiger partial charge is 0.119 e. The lowest BCUT2D eigenvalue weighted by Gasteiger charge is -2.19. The highest BCUT2D eigenvalue weighted by Gasteiger charge is 2.02. The van der Waals surface area contributed by atoms with E-state index in [1.54, 1.807) is 0 Å². The predicted molar refractivity (Wildman–Crippen MR) is 86.2 cm³/mol. The lowest BCUT2D eigenvalue weighted by molar-refractivity contribution is 0.223. The van der Waals surface area contributed by atoms with Crippen molar-refractivity contribution in [2.75, 3.05) is 32.8 Å². The lowest BCUT2D eigenvalue weighted by Crippen LogP contribution is -2.29. The fourth-order valence-corrected chi connectivity index (χ4v) is 2.06. The largest absolute Gasteiger partial charge is 0.492 e. The Balaban J connectivity index is 2.31. The summed E-state index contributed by atoms with van der Waals surface area (Å²) in [4.78, 5) is 2.35. The van der Waals surface area contributed by atoms with E-state index < -0.39 is 0 Å². The highest BCUT2D eigenvalue weighted by molar-refractivity contribution is 5.27. The lowest BCUT2D eigenvalue weighted by atomic mass is 10.2. The number of nitrogens with one attached hydrogen (secondary N) is 1. The van der Waals surface area contributed by atoms with Gasteiger partial charge in [-0.25, -0.2) is 0 Å². The molecular formula is C17H28N2O. The predicted octanol–water partition coefficient (Wildman–Crippen LogP) is 3.07. The van der Waals surface area contributed by atoms with Crippen molar-refractivity contribution in [3.8, 4) is 5.75 Å². The minimum atomic E-state index is 0.723. The summed E-state index contributed by atoms with van der Waals surface area (Å²) in [7, 11) is 0. The van der Waals surface area contributed by atoms with Gasteiger partial charge in [0, 0.05) is 19.6 Å². The maximum Gasteiger partial charge on any atom is 0.119 e. The van der Waals surface area contributed by atoms with Crippen molar-refractivity contribution in [2.24, 2.45) is 0 Å². The van der Waals surface area contributed by atoms with E-state index in [4.69, 9.17) is 4.74 Å². The van der Waals surface area contributed by atoms with E-state index in [1.807, 2.05) is 18.2 Å². The molecule has 0 aromatic heterocycles. The van der Waals surface area contributed by atoms with Crippen LogP contribution in [0.25, 0.3) is 0 Å². The maximum atomic E-state index is 5.79. The molecule has 0 saturated heterocycles. The molecule has 0 spiro atoms. The Bertz CT molecular complexity index is 362. The standard InChI is InChI=1S/C17H28N2O/c1-4-11-19(12-5-2)13-14-20-17-9-7-16(8-10-17)15-18-6-3/h4,7-10,18H,1,5-6,11-15H2,2-3H3. The van der Waals surface area contributed by atoms with Crippen LogP contribution >= 0.6 is 0 Å². The molecule has 1 rings (SSSR count). The number of nitrogens with zero attached hydrogens (tertiary/aromatic N) is 1. The van der Waals surface area contributed by atoms with Gasteiger partial charge < -0.3 is 10.1 Å². The van der Waals surface area contributed by atoms with E-state index in [-0.39, 0.29) is 0 Å². The first-order valence-electron chi connectivity index (χ1n) is 7.55. The van der Waals surface area contributed by atoms with Gasteiger partial charge in [0.1, 0.15) is 12.4 Å². The average Bonchev–Trinajstić information content (AvgIpc) is 2.47. The van der Waals surface area contributed by atoms with E-state index in [9.17, 15) is 0 Å². The topological polar surface area (TPSA) is 24.5 Å². The molecule has 0 saturated carbocycles. The van der Waals surface area contributed by atoms with Crippen molar-refractivity contribution < 1.29 is 4.74 Å². The van der Waals surface area contributed by atoms with Crippen molar-refractivity contribution in [1.29, 1.82) is 0 Å². The zero-order valence-electron chi connectivity index (χ0n) is 12.9. The monoisotopic (exact) mass is 276 g/mol. The molecule has 0 aliphatic heterocycles. The highest BCUT2D eigenvalue weighted by atomic mass is 16.5. The van der Waals surface area contributed by atoms with E-state index in [0.29, 0.717) is 0 Å². The van der Waals surface area contributed by atoms with Crippen LogP contribution in [0.3, 0.4) is 0 Å². The molecule has 0 unspecified atom stereocenters. The summed E-state index contributed by atoms with van der Waals surface area (Å²) >= 11 is 0. The van der Waals surface area contributed by atoms with Gasteiger partial charge in [-0.05, 0) is 37.2 Å². The molecule has 1 N–H and O–H groups in total. The summed E-state index contributed by atoms with van der Waals surface area (Å²) < 4.78 is 5.79. The molecule has 1 aromatic rings. The molecule has 0 heterocycles. The van der Waals surface area contributed by atoms with Gasteiger partial charge in [-0.2, -0.15) is 0 Å². The molecule has 0 aliphatic carbocycles. The molecule has 112 valence electrons. The minimum Gasteiger partial charge on any atom is -0.492 e. The molecule has 3 heteroatoms. The minimum absolute atomic E-state index is 0.723. The van der Waals surface area contributed by atoms with Gasteiger partial charge in [-0.1, -0.05) is 32.1 Å². The molecule has 0 atom stereocenters. The van der Waals surface area contributed by atoms with Crippen LogP contribution in [0.1, 0.15) is 25.8 Å². The van der Waals surface area contributed by atoms with Crippen LogP contribution < -0.4 is 10.1 Å². The van der Waals surface area contributed by atoms with Crippen LogP contribution in [-0.2, 0) is 6.54 Å². The molecule has 3 nitrogen and oxygen atoms in total. The Hall–Kier alpha value is -1.32. The first-order valence-corrected chi connectivity index (χ1v) is 7.55. The van der Waals surface area contributed by atoms with Gasteiger partial charge in [-0.3, -0.25) is 4.90 Å². The van der Waals surface area contributed by atoms with Gasteiger partial charge in [-0.15, -0.1) is 6.58 Å². The second-order valence-electron chi connectivity index (χ2n) is 4.86. The van der Waals surface area contributed by atoms with Crippen LogP contribution in [0.2, 0.25) is 0 Å². The number of rotatable bonds is 11. The molecule has 0 amide bonds. The Labute approximate surface area is 123 Å². The van der Waals surface area contributed by atoms with Gasteiger partial charge in [0.25, 0.3) is 0 Å². The molecular weight excluding hydrogens is 248 g/mol. The van der Waals surface area contributed by atoms with Crippen LogP contribution in [0.5, 0.6) is 5.75 Å². The Morgan fingerprint density at radius 2 is 1.95 bits per heavy atom. The summed E-state index contributed by atoms with van der Waals surface area (Å²) in [5, 5.41) is 3.31. The molecule has 1 aromatic carbocycles. The Morgan fingerprint density at radius 1 is 1.20 bits per heavy atom. The normalized spacial score (nSPS) is 10.8. The van der Waals surface area contributed by atoms with E-state index in [0.717, 1.165) is 51.5 Å². The van der Waals surface area contributed by atoms with Crippen molar-refractivity contribution in [3.05, 3.63) is 42.5 Å². The number of hydrogen-bond acceptors (Lipinski definition) is 3. The van der Waals surface area contributed by atoms with Gasteiger partial charge in [0.2, 0.25) is 0 Å². The summed E-state index contributed by atoms with van der Waals surface area (Å²) in [6.45, 7) is 13.7. The van der Waals surface area contributed by atoms with Gasteiger partial charge >= 0.3 is 0 Å².